The van der Waals surface area contributed by atoms with Crippen LogP contribution in [0.2, 0.25) is 0 Å². The van der Waals surface area contributed by atoms with Crippen LogP contribution >= 0.6 is 0 Å². The van der Waals surface area contributed by atoms with Crippen LogP contribution in [0.5, 0.6) is 0 Å². The van der Waals surface area contributed by atoms with Crippen molar-refractivity contribution >= 4 is 0 Å². The Kier molecular flexibility index (Phi) is 6.60. The van der Waals surface area contributed by atoms with Crippen LogP contribution in [0.15, 0.2) is 0 Å². The fourth-order valence-electron chi connectivity index (χ4n) is 2.52. The van der Waals surface area contributed by atoms with Gasteiger partial charge in [0.2, 0.25) is 0 Å². The molecule has 0 saturated heterocycles. The maximum Gasteiger partial charge on any atom is 0.391 e. The van der Waals surface area contributed by atoms with Crippen LogP contribution in [0.4, 0.5) is 13.2 Å². The summed E-state index contributed by atoms with van der Waals surface area (Å²) < 4.78 is 42.4. The summed E-state index contributed by atoms with van der Waals surface area (Å²) in [6.07, 6.45) is 1.17. The smallest absolute Gasteiger partial charge is 0.373 e. The van der Waals surface area contributed by atoms with E-state index in [1.165, 1.54) is 0 Å². The number of rotatable bonds is 6. The van der Waals surface area contributed by atoms with Crippen molar-refractivity contribution in [3.05, 3.63) is 0 Å². The summed E-state index contributed by atoms with van der Waals surface area (Å²) in [5, 5.41) is 3.33. The highest BCUT2D eigenvalue weighted by Gasteiger charge is 2.34. The fourth-order valence-corrected chi connectivity index (χ4v) is 2.52. The highest BCUT2D eigenvalue weighted by molar-refractivity contribution is 4.86. The van der Waals surface area contributed by atoms with Gasteiger partial charge >= 0.3 is 6.18 Å². The number of alkyl halides is 3. The molecule has 0 spiro atoms. The highest BCUT2D eigenvalue weighted by atomic mass is 19.4. The van der Waals surface area contributed by atoms with E-state index in [1.807, 2.05) is 13.8 Å². The molecule has 0 heterocycles. The molecule has 0 aromatic carbocycles. The monoisotopic (exact) mass is 281 g/mol. The number of ether oxygens (including phenoxy) is 1. The third-order valence-corrected chi connectivity index (χ3v) is 3.64. The zero-order valence-electron chi connectivity index (χ0n) is 12.0. The van der Waals surface area contributed by atoms with Gasteiger partial charge in [-0.1, -0.05) is 39.5 Å². The van der Waals surface area contributed by atoms with Crippen molar-refractivity contribution in [3.63, 3.8) is 0 Å². The molecule has 0 aliphatic heterocycles. The number of nitrogens with one attached hydrogen (secondary N) is 1. The Morgan fingerprint density at radius 2 is 1.68 bits per heavy atom. The first kappa shape index (κ1) is 16.8. The van der Waals surface area contributed by atoms with Crippen LogP contribution in [0.3, 0.4) is 0 Å². The molecule has 0 radical (unpaired) electrons. The van der Waals surface area contributed by atoms with Gasteiger partial charge in [0.25, 0.3) is 0 Å². The molecule has 19 heavy (non-hydrogen) atoms. The molecular formula is C14H26F3NO. The van der Waals surface area contributed by atoms with Gasteiger partial charge in [-0.25, -0.2) is 0 Å². The van der Waals surface area contributed by atoms with Gasteiger partial charge in [-0.05, 0) is 12.8 Å². The van der Waals surface area contributed by atoms with Gasteiger partial charge in [-0.2, -0.15) is 13.2 Å². The van der Waals surface area contributed by atoms with Gasteiger partial charge < -0.3 is 10.1 Å². The molecule has 1 saturated carbocycles. The first-order valence-electron chi connectivity index (χ1n) is 7.27. The van der Waals surface area contributed by atoms with Gasteiger partial charge in [0.1, 0.15) is 0 Å². The van der Waals surface area contributed by atoms with E-state index < -0.39 is 18.2 Å². The molecule has 1 fully saturated rings. The lowest BCUT2D eigenvalue weighted by Crippen LogP contribution is -2.45. The SMILES string of the molecule is CC(C)NCC1(OCCC(F)(F)F)CCCCCC1. The lowest BCUT2D eigenvalue weighted by molar-refractivity contribution is -0.160. The average molecular weight is 281 g/mol. The molecule has 0 bridgehead atoms. The van der Waals surface area contributed by atoms with E-state index in [0.29, 0.717) is 12.6 Å². The second-order valence-corrected chi connectivity index (χ2v) is 5.85. The minimum absolute atomic E-state index is 0.219. The van der Waals surface area contributed by atoms with Crippen molar-refractivity contribution in [2.24, 2.45) is 0 Å². The van der Waals surface area contributed by atoms with Crippen molar-refractivity contribution in [1.82, 2.24) is 5.32 Å². The molecule has 1 aliphatic carbocycles. The summed E-state index contributed by atoms with van der Waals surface area (Å²) >= 11 is 0. The van der Waals surface area contributed by atoms with E-state index in [-0.39, 0.29) is 6.61 Å². The normalized spacial score (nSPS) is 20.5. The van der Waals surface area contributed by atoms with Gasteiger partial charge in [0.15, 0.2) is 0 Å². The molecule has 0 aromatic rings. The molecule has 1 rings (SSSR count). The minimum atomic E-state index is -4.13. The van der Waals surface area contributed by atoms with Crippen molar-refractivity contribution in [3.8, 4) is 0 Å². The van der Waals surface area contributed by atoms with Crippen molar-refractivity contribution < 1.29 is 17.9 Å². The summed E-state index contributed by atoms with van der Waals surface area (Å²) in [6.45, 7) is 4.52. The molecule has 0 atom stereocenters. The molecule has 1 N–H and O–H groups in total. The van der Waals surface area contributed by atoms with E-state index in [2.05, 4.69) is 5.32 Å². The predicted molar refractivity (Wildman–Crippen MR) is 70.2 cm³/mol. The predicted octanol–water partition coefficient (Wildman–Crippen LogP) is 4.05. The van der Waals surface area contributed by atoms with Gasteiger partial charge in [0.05, 0.1) is 18.6 Å². The first-order chi connectivity index (χ1) is 8.83. The topological polar surface area (TPSA) is 21.3 Å². The maximum absolute atomic E-state index is 12.2. The summed E-state index contributed by atoms with van der Waals surface area (Å²) in [4.78, 5) is 0. The molecule has 2 nitrogen and oxygen atoms in total. The zero-order chi connectivity index (χ0) is 14.4. The van der Waals surface area contributed by atoms with Crippen LogP contribution in [0.25, 0.3) is 0 Å². The number of halogens is 3. The van der Waals surface area contributed by atoms with E-state index in [4.69, 9.17) is 4.74 Å². The van der Waals surface area contributed by atoms with E-state index in [0.717, 1.165) is 38.5 Å². The Hall–Kier alpha value is -0.290. The Balaban J connectivity index is 2.52. The summed E-state index contributed by atoms with van der Waals surface area (Å²) in [7, 11) is 0. The number of hydrogen-bond acceptors (Lipinski definition) is 2. The van der Waals surface area contributed by atoms with Crippen molar-refractivity contribution in [2.75, 3.05) is 13.2 Å². The molecule has 1 aliphatic rings. The Morgan fingerprint density at radius 3 is 2.16 bits per heavy atom. The average Bonchev–Trinajstić information content (AvgIpc) is 2.51. The lowest BCUT2D eigenvalue weighted by Gasteiger charge is -2.34. The number of hydrogen-bond donors (Lipinski definition) is 1. The molecule has 5 heteroatoms. The van der Waals surface area contributed by atoms with Crippen LogP contribution < -0.4 is 5.32 Å². The summed E-state index contributed by atoms with van der Waals surface area (Å²) in [6, 6.07) is 0.325. The highest BCUT2D eigenvalue weighted by Crippen LogP contribution is 2.31. The van der Waals surface area contributed by atoms with Gasteiger partial charge in [0, 0.05) is 12.6 Å². The van der Waals surface area contributed by atoms with Crippen LogP contribution in [-0.2, 0) is 4.74 Å². The van der Waals surface area contributed by atoms with E-state index in [9.17, 15) is 13.2 Å². The standard InChI is InChI=1S/C14H26F3NO/c1-12(2)18-11-13(7-5-3-4-6-8-13)19-10-9-14(15,16)17/h12,18H,3-11H2,1-2H3. The summed E-state index contributed by atoms with van der Waals surface area (Å²) in [5.74, 6) is 0. The quantitative estimate of drug-likeness (QED) is 0.742. The molecule has 0 aromatic heterocycles. The van der Waals surface area contributed by atoms with Crippen molar-refractivity contribution in [1.29, 1.82) is 0 Å². The Morgan fingerprint density at radius 1 is 1.11 bits per heavy atom. The second kappa shape index (κ2) is 7.48. The molecule has 0 amide bonds. The third kappa shape index (κ3) is 7.16. The lowest BCUT2D eigenvalue weighted by atomic mass is 9.93. The zero-order valence-corrected chi connectivity index (χ0v) is 12.0. The Bertz CT molecular complexity index is 246. The van der Waals surface area contributed by atoms with Crippen molar-refractivity contribution in [2.45, 2.75) is 76.6 Å². The Labute approximate surface area is 114 Å². The molecule has 114 valence electrons. The summed E-state index contributed by atoms with van der Waals surface area (Å²) in [5.41, 5.74) is -0.397. The fraction of sp³-hybridized carbons (Fsp3) is 1.00. The van der Waals surface area contributed by atoms with Crippen LogP contribution in [-0.4, -0.2) is 31.0 Å². The largest absolute Gasteiger partial charge is 0.391 e. The van der Waals surface area contributed by atoms with E-state index >= 15 is 0 Å². The van der Waals surface area contributed by atoms with E-state index in [1.54, 1.807) is 0 Å². The third-order valence-electron chi connectivity index (χ3n) is 3.64. The van der Waals surface area contributed by atoms with Gasteiger partial charge in [-0.15, -0.1) is 0 Å². The maximum atomic E-state index is 12.2. The first-order valence-corrected chi connectivity index (χ1v) is 7.27. The van der Waals surface area contributed by atoms with Crippen LogP contribution in [0, 0.1) is 0 Å². The molecular weight excluding hydrogens is 255 g/mol. The second-order valence-electron chi connectivity index (χ2n) is 5.85. The minimum Gasteiger partial charge on any atom is -0.373 e. The van der Waals surface area contributed by atoms with Crippen LogP contribution in [0.1, 0.15) is 58.8 Å². The van der Waals surface area contributed by atoms with Gasteiger partial charge in [-0.3, -0.25) is 0 Å². The molecule has 0 unspecified atom stereocenters.